The molecule has 4 rings (SSSR count). The number of aromatic nitrogens is 1. The van der Waals surface area contributed by atoms with Gasteiger partial charge in [-0.15, -0.1) is 0 Å². The van der Waals surface area contributed by atoms with Gasteiger partial charge in [0, 0.05) is 36.7 Å². The Kier molecular flexibility index (Phi) is 5.93. The summed E-state index contributed by atoms with van der Waals surface area (Å²) in [6, 6.07) is 11.8. The van der Waals surface area contributed by atoms with Gasteiger partial charge >= 0.3 is 6.09 Å². The SMILES string of the molecule is CC(C)(C)OC(=O)N1C2CCCC1CC(O)(c1cncc(OCc3ccccc3)c1)C2. The molecule has 1 amide bonds. The van der Waals surface area contributed by atoms with Gasteiger partial charge in [0.05, 0.1) is 11.8 Å². The number of carbonyl (C=O) groups excluding carboxylic acids is 1. The van der Waals surface area contributed by atoms with Gasteiger partial charge in [0.2, 0.25) is 0 Å². The van der Waals surface area contributed by atoms with E-state index in [4.69, 9.17) is 9.47 Å². The number of aliphatic hydroxyl groups is 1. The Balaban J connectivity index is 1.49. The third-order valence-corrected chi connectivity index (χ3v) is 6.11. The molecule has 0 saturated carbocycles. The van der Waals surface area contributed by atoms with Crippen LogP contribution in [-0.4, -0.2) is 38.8 Å². The second-order valence-electron chi connectivity index (χ2n) is 9.75. The molecule has 0 spiro atoms. The van der Waals surface area contributed by atoms with Crippen LogP contribution in [0.3, 0.4) is 0 Å². The quantitative estimate of drug-likeness (QED) is 0.763. The van der Waals surface area contributed by atoms with E-state index >= 15 is 0 Å². The van der Waals surface area contributed by atoms with Crippen molar-refractivity contribution in [2.75, 3.05) is 0 Å². The third kappa shape index (κ3) is 5.01. The van der Waals surface area contributed by atoms with Crippen molar-refractivity contribution in [2.24, 2.45) is 0 Å². The molecule has 3 heterocycles. The third-order valence-electron chi connectivity index (χ3n) is 6.11. The van der Waals surface area contributed by atoms with Crippen LogP contribution in [0.5, 0.6) is 5.75 Å². The molecule has 2 aliphatic heterocycles. The van der Waals surface area contributed by atoms with Gasteiger partial charge in [-0.1, -0.05) is 30.3 Å². The van der Waals surface area contributed by atoms with Crippen LogP contribution in [0.4, 0.5) is 4.79 Å². The molecule has 2 atom stereocenters. The van der Waals surface area contributed by atoms with Gasteiger partial charge in [0.1, 0.15) is 18.0 Å². The van der Waals surface area contributed by atoms with Gasteiger partial charge in [0.15, 0.2) is 0 Å². The van der Waals surface area contributed by atoms with Crippen molar-refractivity contribution in [3.05, 3.63) is 59.9 Å². The highest BCUT2D eigenvalue weighted by molar-refractivity contribution is 5.69. The monoisotopic (exact) mass is 424 g/mol. The molecule has 0 aliphatic carbocycles. The molecule has 31 heavy (non-hydrogen) atoms. The lowest BCUT2D eigenvalue weighted by atomic mass is 9.73. The molecule has 2 unspecified atom stereocenters. The number of amides is 1. The summed E-state index contributed by atoms with van der Waals surface area (Å²) < 4.78 is 11.6. The number of ether oxygens (including phenoxy) is 2. The normalized spacial score (nSPS) is 25.7. The van der Waals surface area contributed by atoms with Crippen molar-refractivity contribution in [3.8, 4) is 5.75 Å². The Morgan fingerprint density at radius 3 is 2.48 bits per heavy atom. The second kappa shape index (κ2) is 8.50. The first-order chi connectivity index (χ1) is 14.7. The number of piperidine rings is 2. The van der Waals surface area contributed by atoms with Crippen molar-refractivity contribution >= 4 is 6.09 Å². The fourth-order valence-corrected chi connectivity index (χ4v) is 4.77. The number of hydrogen-bond donors (Lipinski definition) is 1. The predicted molar refractivity (Wildman–Crippen MR) is 118 cm³/mol. The fraction of sp³-hybridized carbons (Fsp3) is 0.520. The number of hydrogen-bond acceptors (Lipinski definition) is 5. The van der Waals surface area contributed by atoms with Gasteiger partial charge in [-0.25, -0.2) is 4.79 Å². The Bertz CT molecular complexity index is 895. The minimum atomic E-state index is -1.03. The van der Waals surface area contributed by atoms with Crippen molar-refractivity contribution < 1.29 is 19.4 Å². The zero-order valence-electron chi connectivity index (χ0n) is 18.6. The van der Waals surface area contributed by atoms with E-state index in [9.17, 15) is 9.90 Å². The standard InChI is InChI=1S/C25H32N2O4/c1-24(2,3)31-23(28)27-20-10-7-11-21(27)14-25(29,13-20)19-12-22(16-26-15-19)30-17-18-8-5-4-6-9-18/h4-6,8-9,12,15-16,20-21,29H,7,10-11,13-14,17H2,1-3H3. The van der Waals surface area contributed by atoms with Gasteiger partial charge in [0.25, 0.3) is 0 Å². The molecule has 2 bridgehead atoms. The number of carbonyl (C=O) groups is 1. The first kappa shape index (κ1) is 21.6. The summed E-state index contributed by atoms with van der Waals surface area (Å²) in [4.78, 5) is 19.0. The molecule has 1 aromatic carbocycles. The van der Waals surface area contributed by atoms with E-state index in [1.807, 2.05) is 62.1 Å². The molecule has 1 N–H and O–H groups in total. The van der Waals surface area contributed by atoms with Gasteiger partial charge in [-0.3, -0.25) is 4.98 Å². The highest BCUT2D eigenvalue weighted by Crippen LogP contribution is 2.45. The van der Waals surface area contributed by atoms with Crippen LogP contribution >= 0.6 is 0 Å². The van der Waals surface area contributed by atoms with Gasteiger partial charge < -0.3 is 19.5 Å². The smallest absolute Gasteiger partial charge is 0.410 e. The number of rotatable bonds is 4. The lowest BCUT2D eigenvalue weighted by Gasteiger charge is -2.51. The van der Waals surface area contributed by atoms with Gasteiger partial charge in [-0.2, -0.15) is 0 Å². The van der Waals surface area contributed by atoms with E-state index < -0.39 is 11.2 Å². The maximum Gasteiger partial charge on any atom is 0.410 e. The first-order valence-corrected chi connectivity index (χ1v) is 11.1. The van der Waals surface area contributed by atoms with Gasteiger partial charge in [-0.05, 0) is 51.7 Å². The van der Waals surface area contributed by atoms with E-state index in [0.717, 1.165) is 30.4 Å². The molecule has 2 aromatic rings. The highest BCUT2D eigenvalue weighted by Gasteiger charge is 2.49. The summed E-state index contributed by atoms with van der Waals surface area (Å²) in [5, 5.41) is 11.6. The van der Waals surface area contributed by atoms with Crippen molar-refractivity contribution in [1.29, 1.82) is 0 Å². The summed E-state index contributed by atoms with van der Waals surface area (Å²) in [7, 11) is 0. The average Bonchev–Trinajstić information content (AvgIpc) is 2.71. The lowest BCUT2D eigenvalue weighted by molar-refractivity contribution is -0.0967. The van der Waals surface area contributed by atoms with Crippen LogP contribution in [0, 0.1) is 0 Å². The summed E-state index contributed by atoms with van der Waals surface area (Å²) in [5.41, 5.74) is 0.256. The topological polar surface area (TPSA) is 71.9 Å². The fourth-order valence-electron chi connectivity index (χ4n) is 4.77. The number of nitrogens with zero attached hydrogens (tertiary/aromatic N) is 2. The molecule has 6 nitrogen and oxygen atoms in total. The summed E-state index contributed by atoms with van der Waals surface area (Å²) >= 11 is 0. The first-order valence-electron chi connectivity index (χ1n) is 11.1. The summed E-state index contributed by atoms with van der Waals surface area (Å²) in [6.45, 7) is 6.09. The minimum absolute atomic E-state index is 0.0405. The second-order valence-corrected chi connectivity index (χ2v) is 9.75. The predicted octanol–water partition coefficient (Wildman–Crippen LogP) is 4.80. The highest BCUT2D eigenvalue weighted by atomic mass is 16.6. The van der Waals surface area contributed by atoms with Crippen LogP contribution in [-0.2, 0) is 16.9 Å². The molecule has 166 valence electrons. The summed E-state index contributed by atoms with van der Waals surface area (Å²) in [5.74, 6) is 0.634. The maximum absolute atomic E-state index is 12.8. The van der Waals surface area contributed by atoms with Crippen molar-refractivity contribution in [3.63, 3.8) is 0 Å². The molecule has 2 saturated heterocycles. The van der Waals surface area contributed by atoms with Crippen LogP contribution in [0.15, 0.2) is 48.8 Å². The number of pyridine rings is 1. The maximum atomic E-state index is 12.8. The lowest BCUT2D eigenvalue weighted by Crippen LogP contribution is -2.59. The van der Waals surface area contributed by atoms with Crippen LogP contribution in [0.2, 0.25) is 0 Å². The van der Waals surface area contributed by atoms with E-state index in [1.54, 1.807) is 12.4 Å². The Morgan fingerprint density at radius 1 is 1.16 bits per heavy atom. The summed E-state index contributed by atoms with van der Waals surface area (Å²) in [6.07, 6.45) is 6.87. The minimum Gasteiger partial charge on any atom is -0.487 e. The largest absolute Gasteiger partial charge is 0.487 e. The molecule has 0 radical (unpaired) electrons. The van der Waals surface area contributed by atoms with Crippen LogP contribution < -0.4 is 4.74 Å². The number of benzene rings is 1. The van der Waals surface area contributed by atoms with E-state index in [1.165, 1.54) is 0 Å². The number of fused-ring (bicyclic) bond motifs is 2. The Hall–Kier alpha value is -2.60. The molecule has 2 fully saturated rings. The van der Waals surface area contributed by atoms with Crippen LogP contribution in [0.1, 0.15) is 64.0 Å². The van der Waals surface area contributed by atoms with E-state index in [-0.39, 0.29) is 18.2 Å². The van der Waals surface area contributed by atoms with Crippen molar-refractivity contribution in [1.82, 2.24) is 9.88 Å². The Morgan fingerprint density at radius 2 is 1.84 bits per heavy atom. The van der Waals surface area contributed by atoms with E-state index in [2.05, 4.69) is 4.98 Å². The molecule has 2 aliphatic rings. The van der Waals surface area contributed by atoms with Crippen LogP contribution in [0.25, 0.3) is 0 Å². The molecular weight excluding hydrogens is 392 g/mol. The zero-order chi connectivity index (χ0) is 22.1. The average molecular weight is 425 g/mol. The molecule has 1 aromatic heterocycles. The van der Waals surface area contributed by atoms with E-state index in [0.29, 0.717) is 25.2 Å². The Labute approximate surface area is 184 Å². The van der Waals surface area contributed by atoms with Crippen molar-refractivity contribution in [2.45, 2.75) is 82.8 Å². The zero-order valence-corrected chi connectivity index (χ0v) is 18.6. The molecular formula is C25H32N2O4. The molecule has 6 heteroatoms.